The Morgan fingerprint density at radius 2 is 1.84 bits per heavy atom. The number of nitrogens with one attached hydrogen (secondary N) is 1. The van der Waals surface area contributed by atoms with Crippen LogP contribution in [0.1, 0.15) is 30.0 Å². The van der Waals surface area contributed by atoms with Gasteiger partial charge in [0.1, 0.15) is 0 Å². The molecule has 0 aromatic heterocycles. The van der Waals surface area contributed by atoms with Gasteiger partial charge in [-0.15, -0.1) is 0 Å². The second kappa shape index (κ2) is 5.38. The van der Waals surface area contributed by atoms with Crippen molar-refractivity contribution < 1.29 is 17.9 Å². The van der Waals surface area contributed by atoms with E-state index in [-0.39, 0.29) is 6.04 Å². The van der Waals surface area contributed by atoms with Gasteiger partial charge >= 0.3 is 0 Å². The van der Waals surface area contributed by atoms with Crippen LogP contribution in [0.2, 0.25) is 0 Å². The van der Waals surface area contributed by atoms with Crippen LogP contribution in [0.4, 0.5) is 0 Å². The van der Waals surface area contributed by atoms with Crippen LogP contribution in [0, 0.1) is 0 Å². The molecule has 1 atom stereocenters. The maximum atomic E-state index is 11.4. The van der Waals surface area contributed by atoms with E-state index in [4.69, 9.17) is 9.47 Å². The van der Waals surface area contributed by atoms with Crippen LogP contribution in [0.3, 0.4) is 0 Å². The number of aryl methyl sites for hydroxylation is 1. The van der Waals surface area contributed by atoms with Gasteiger partial charge in [-0.1, -0.05) is 0 Å². The monoisotopic (exact) mass is 285 g/mol. The molecule has 1 N–H and O–H groups in total. The van der Waals surface area contributed by atoms with Gasteiger partial charge in [-0.3, -0.25) is 0 Å². The number of ether oxygens (including phenoxy) is 2. The molecule has 0 fully saturated rings. The molecule has 2 rings (SSSR count). The Morgan fingerprint density at radius 3 is 2.42 bits per heavy atom. The fourth-order valence-corrected chi connectivity index (χ4v) is 3.27. The van der Waals surface area contributed by atoms with Crippen molar-refractivity contribution in [1.29, 1.82) is 0 Å². The number of sulfonamides is 1. The molecule has 1 aromatic carbocycles. The minimum absolute atomic E-state index is 0.182. The molecule has 0 spiro atoms. The van der Waals surface area contributed by atoms with E-state index in [1.807, 2.05) is 12.1 Å². The smallest absolute Gasteiger partial charge is 0.209 e. The summed E-state index contributed by atoms with van der Waals surface area (Å²) in [6, 6.07) is 3.62. The van der Waals surface area contributed by atoms with Gasteiger partial charge in [-0.2, -0.15) is 0 Å². The molecule has 1 aliphatic carbocycles. The zero-order valence-electron chi connectivity index (χ0n) is 11.4. The quantitative estimate of drug-likeness (QED) is 0.913. The van der Waals surface area contributed by atoms with Crippen LogP contribution in [-0.4, -0.2) is 28.9 Å². The molecule has 6 heteroatoms. The molecule has 5 nitrogen and oxygen atoms in total. The average molecular weight is 285 g/mol. The van der Waals surface area contributed by atoms with Crippen molar-refractivity contribution >= 4 is 10.0 Å². The summed E-state index contributed by atoms with van der Waals surface area (Å²) in [5.41, 5.74) is 2.10. The van der Waals surface area contributed by atoms with E-state index in [9.17, 15) is 8.42 Å². The zero-order valence-corrected chi connectivity index (χ0v) is 12.2. The van der Waals surface area contributed by atoms with Gasteiger partial charge in [-0.05, 0) is 42.5 Å². The minimum atomic E-state index is -3.22. The lowest BCUT2D eigenvalue weighted by Crippen LogP contribution is -2.30. The first-order valence-corrected chi connectivity index (χ1v) is 8.06. The number of hydrogen-bond donors (Lipinski definition) is 1. The van der Waals surface area contributed by atoms with Crippen LogP contribution in [-0.2, 0) is 16.4 Å². The Bertz CT molecular complexity index is 568. The number of rotatable bonds is 4. The number of methoxy groups -OCH3 is 2. The summed E-state index contributed by atoms with van der Waals surface area (Å²) in [6.07, 6.45) is 3.87. The summed E-state index contributed by atoms with van der Waals surface area (Å²) in [5.74, 6) is 1.31. The minimum Gasteiger partial charge on any atom is -0.493 e. The highest BCUT2D eigenvalue weighted by Crippen LogP contribution is 2.38. The lowest BCUT2D eigenvalue weighted by atomic mass is 9.88. The van der Waals surface area contributed by atoms with Crippen molar-refractivity contribution in [3.8, 4) is 11.5 Å². The topological polar surface area (TPSA) is 64.6 Å². The molecule has 0 bridgehead atoms. The standard InChI is InChI=1S/C13H19NO4S/c1-17-12-7-9-5-4-6-11(14-19(3,15)16)10(9)8-13(12)18-2/h7-8,11,14H,4-6H2,1-3H3. The van der Waals surface area contributed by atoms with Gasteiger partial charge in [0, 0.05) is 6.04 Å². The molecule has 0 amide bonds. The summed E-state index contributed by atoms with van der Waals surface area (Å²) in [4.78, 5) is 0. The molecule has 1 aromatic rings. The van der Waals surface area contributed by atoms with Gasteiger partial charge in [0.05, 0.1) is 20.5 Å². The van der Waals surface area contributed by atoms with Crippen molar-refractivity contribution in [3.05, 3.63) is 23.3 Å². The highest BCUT2D eigenvalue weighted by Gasteiger charge is 2.25. The van der Waals surface area contributed by atoms with E-state index in [1.54, 1.807) is 14.2 Å². The Morgan fingerprint density at radius 1 is 1.21 bits per heavy atom. The van der Waals surface area contributed by atoms with Gasteiger partial charge in [-0.25, -0.2) is 13.1 Å². The first-order valence-electron chi connectivity index (χ1n) is 6.16. The second-order valence-corrected chi connectivity index (χ2v) is 6.52. The number of benzene rings is 1. The molecule has 0 heterocycles. The van der Waals surface area contributed by atoms with E-state index in [0.717, 1.165) is 30.4 Å². The van der Waals surface area contributed by atoms with Crippen LogP contribution < -0.4 is 14.2 Å². The van der Waals surface area contributed by atoms with Crippen molar-refractivity contribution in [1.82, 2.24) is 4.72 Å². The molecule has 19 heavy (non-hydrogen) atoms. The van der Waals surface area contributed by atoms with Gasteiger partial charge in [0.15, 0.2) is 11.5 Å². The predicted octanol–water partition coefficient (Wildman–Crippen LogP) is 1.63. The summed E-state index contributed by atoms with van der Waals surface area (Å²) in [7, 11) is -0.0518. The molecular weight excluding hydrogens is 266 g/mol. The van der Waals surface area contributed by atoms with Crippen LogP contribution >= 0.6 is 0 Å². The molecular formula is C13H19NO4S. The van der Waals surface area contributed by atoms with Gasteiger partial charge < -0.3 is 9.47 Å². The normalized spacial score (nSPS) is 18.8. The maximum absolute atomic E-state index is 11.4. The van der Waals surface area contributed by atoms with Crippen molar-refractivity contribution in [2.75, 3.05) is 20.5 Å². The van der Waals surface area contributed by atoms with E-state index in [1.165, 1.54) is 6.26 Å². The number of hydrogen-bond acceptors (Lipinski definition) is 4. The summed E-state index contributed by atoms with van der Waals surface area (Å²) in [5, 5.41) is 0. The third kappa shape index (κ3) is 3.19. The fraction of sp³-hybridized carbons (Fsp3) is 0.538. The SMILES string of the molecule is COc1cc2c(cc1OC)C(NS(C)(=O)=O)CCC2. The molecule has 0 aliphatic heterocycles. The summed E-state index contributed by atoms with van der Waals surface area (Å²) >= 11 is 0. The van der Waals surface area contributed by atoms with Gasteiger partial charge in [0.25, 0.3) is 0 Å². The molecule has 0 saturated carbocycles. The van der Waals surface area contributed by atoms with Crippen LogP contribution in [0.5, 0.6) is 11.5 Å². The first kappa shape index (κ1) is 14.1. The Balaban J connectivity index is 2.43. The van der Waals surface area contributed by atoms with Crippen LogP contribution in [0.15, 0.2) is 12.1 Å². The summed E-state index contributed by atoms with van der Waals surface area (Å²) in [6.45, 7) is 0. The Labute approximate surface area is 114 Å². The van der Waals surface area contributed by atoms with Gasteiger partial charge in [0.2, 0.25) is 10.0 Å². The number of fused-ring (bicyclic) bond motifs is 1. The lowest BCUT2D eigenvalue weighted by Gasteiger charge is -2.26. The van der Waals surface area contributed by atoms with Crippen molar-refractivity contribution in [3.63, 3.8) is 0 Å². The Hall–Kier alpha value is -1.27. The highest BCUT2D eigenvalue weighted by molar-refractivity contribution is 7.88. The lowest BCUT2D eigenvalue weighted by molar-refractivity contribution is 0.352. The molecule has 106 valence electrons. The van der Waals surface area contributed by atoms with E-state index < -0.39 is 10.0 Å². The predicted molar refractivity (Wildman–Crippen MR) is 73.2 cm³/mol. The maximum Gasteiger partial charge on any atom is 0.209 e. The van der Waals surface area contributed by atoms with E-state index in [0.29, 0.717) is 11.5 Å². The van der Waals surface area contributed by atoms with Crippen LogP contribution in [0.25, 0.3) is 0 Å². The fourth-order valence-electron chi connectivity index (χ4n) is 2.51. The zero-order chi connectivity index (χ0) is 14.0. The Kier molecular flexibility index (Phi) is 4.01. The third-order valence-corrected chi connectivity index (χ3v) is 4.03. The van der Waals surface area contributed by atoms with Crippen molar-refractivity contribution in [2.45, 2.75) is 25.3 Å². The first-order chi connectivity index (χ1) is 8.94. The second-order valence-electron chi connectivity index (χ2n) is 4.74. The molecule has 1 unspecified atom stereocenters. The highest BCUT2D eigenvalue weighted by atomic mass is 32.2. The van der Waals surface area contributed by atoms with Crippen molar-refractivity contribution in [2.24, 2.45) is 0 Å². The molecule has 0 saturated heterocycles. The third-order valence-electron chi connectivity index (χ3n) is 3.32. The largest absolute Gasteiger partial charge is 0.493 e. The van der Waals surface area contributed by atoms with E-state index >= 15 is 0 Å². The average Bonchev–Trinajstić information content (AvgIpc) is 2.35. The molecule has 0 radical (unpaired) electrons. The van der Waals surface area contributed by atoms with E-state index in [2.05, 4.69) is 4.72 Å². The molecule has 1 aliphatic rings. The summed E-state index contributed by atoms with van der Waals surface area (Å²) < 4.78 is 36.1.